The zero-order valence-corrected chi connectivity index (χ0v) is 10.6. The topological polar surface area (TPSA) is 49.5 Å². The van der Waals surface area contributed by atoms with Gasteiger partial charge in [-0.2, -0.15) is 0 Å². The van der Waals surface area contributed by atoms with Crippen LogP contribution in [0.4, 0.5) is 0 Å². The van der Waals surface area contributed by atoms with Gasteiger partial charge in [0.05, 0.1) is 13.2 Å². The summed E-state index contributed by atoms with van der Waals surface area (Å²) in [5, 5.41) is 9.96. The van der Waals surface area contributed by atoms with Crippen LogP contribution in [0.25, 0.3) is 0 Å². The molecule has 18 heavy (non-hydrogen) atoms. The quantitative estimate of drug-likeness (QED) is 0.607. The lowest BCUT2D eigenvalue weighted by Crippen LogP contribution is -2.11. The Morgan fingerprint density at radius 2 is 2.06 bits per heavy atom. The fourth-order valence-electron chi connectivity index (χ4n) is 1.86. The van der Waals surface area contributed by atoms with E-state index in [0.717, 1.165) is 24.2 Å². The first-order valence-electron chi connectivity index (χ1n) is 6.25. The van der Waals surface area contributed by atoms with E-state index in [1.54, 1.807) is 0 Å². The molecule has 1 aliphatic rings. The number of aliphatic hydroxyl groups excluding tert-OH is 1. The number of β-amino-alcohol motifs (C(OH)–C–C–N with tert-alkyl or cyclic N) is 1. The number of ether oxygens (including phenoxy) is 1. The molecule has 0 saturated carbocycles. The lowest BCUT2D eigenvalue weighted by molar-refractivity contribution is -0.140. The molecular weight excluding hydrogens is 230 g/mol. The van der Waals surface area contributed by atoms with Gasteiger partial charge in [0.15, 0.2) is 0 Å². The number of aliphatic hydroxyl groups is 1. The highest BCUT2D eigenvalue weighted by Gasteiger charge is 2.21. The van der Waals surface area contributed by atoms with Crippen LogP contribution in [-0.2, 0) is 16.0 Å². The predicted molar refractivity (Wildman–Crippen MR) is 68.2 cm³/mol. The molecule has 0 spiro atoms. The van der Waals surface area contributed by atoms with Crippen molar-refractivity contribution in [3.05, 3.63) is 35.4 Å². The number of carbonyl (C=O) groups excluding carboxylic acids is 1. The summed E-state index contributed by atoms with van der Waals surface area (Å²) in [5.74, 6) is -0.194. The van der Waals surface area contributed by atoms with Crippen LogP contribution in [0.15, 0.2) is 24.3 Å². The molecule has 1 aromatic rings. The van der Waals surface area contributed by atoms with Crippen molar-refractivity contribution in [3.63, 3.8) is 0 Å². The molecule has 0 bridgehead atoms. The molecule has 1 aliphatic heterocycles. The average molecular weight is 249 g/mol. The van der Waals surface area contributed by atoms with E-state index in [4.69, 9.17) is 0 Å². The van der Waals surface area contributed by atoms with Crippen molar-refractivity contribution in [2.75, 3.05) is 26.7 Å². The number of methoxy groups -OCH3 is 1. The third kappa shape index (κ3) is 3.82. The molecule has 2 rings (SSSR count). The molecule has 1 aromatic carbocycles. The Hall–Kier alpha value is -1.39. The minimum absolute atomic E-state index is 0.194. The standard InChI is InChI=1S/C14H19NO3/c1-18-14(17)7-4-11-2-5-12(6-3-11)13(16)10-15-8-9-15/h2-3,5-6,13,16H,4,7-10H2,1H3/t13-/m1/s1. The van der Waals surface area contributed by atoms with Crippen molar-refractivity contribution in [2.45, 2.75) is 18.9 Å². The molecule has 1 atom stereocenters. The number of nitrogens with zero attached hydrogens (tertiary/aromatic N) is 1. The highest BCUT2D eigenvalue weighted by molar-refractivity contribution is 5.69. The van der Waals surface area contributed by atoms with E-state index < -0.39 is 6.10 Å². The zero-order chi connectivity index (χ0) is 13.0. The number of rotatable bonds is 6. The van der Waals surface area contributed by atoms with Gasteiger partial charge in [0.2, 0.25) is 0 Å². The lowest BCUT2D eigenvalue weighted by atomic mass is 10.0. The summed E-state index contributed by atoms with van der Waals surface area (Å²) in [5.41, 5.74) is 2.02. The highest BCUT2D eigenvalue weighted by atomic mass is 16.5. The molecule has 1 fully saturated rings. The first kappa shape index (κ1) is 13.1. The molecule has 0 aromatic heterocycles. The van der Waals surface area contributed by atoms with Gasteiger partial charge < -0.3 is 9.84 Å². The van der Waals surface area contributed by atoms with Crippen LogP contribution in [0.1, 0.15) is 23.7 Å². The van der Waals surface area contributed by atoms with Gasteiger partial charge in [0.1, 0.15) is 0 Å². The molecule has 0 amide bonds. The van der Waals surface area contributed by atoms with Gasteiger partial charge in [-0.15, -0.1) is 0 Å². The van der Waals surface area contributed by atoms with Crippen LogP contribution in [0.5, 0.6) is 0 Å². The van der Waals surface area contributed by atoms with E-state index in [-0.39, 0.29) is 5.97 Å². The summed E-state index contributed by atoms with van der Waals surface area (Å²) in [7, 11) is 1.40. The van der Waals surface area contributed by atoms with Crippen LogP contribution >= 0.6 is 0 Å². The number of hydrogen-bond donors (Lipinski definition) is 1. The number of carbonyl (C=O) groups is 1. The normalized spacial score (nSPS) is 16.3. The van der Waals surface area contributed by atoms with Gasteiger partial charge >= 0.3 is 5.97 Å². The maximum atomic E-state index is 11.0. The molecule has 98 valence electrons. The Morgan fingerprint density at radius 1 is 1.39 bits per heavy atom. The van der Waals surface area contributed by atoms with Gasteiger partial charge in [-0.3, -0.25) is 9.69 Å². The van der Waals surface area contributed by atoms with Crippen molar-refractivity contribution in [1.29, 1.82) is 0 Å². The maximum absolute atomic E-state index is 11.0. The fourth-order valence-corrected chi connectivity index (χ4v) is 1.86. The van der Waals surface area contributed by atoms with Crippen molar-refractivity contribution in [1.82, 2.24) is 4.90 Å². The zero-order valence-electron chi connectivity index (χ0n) is 10.6. The first-order chi connectivity index (χ1) is 8.69. The molecule has 1 heterocycles. The molecule has 4 nitrogen and oxygen atoms in total. The molecule has 1 N–H and O–H groups in total. The Kier molecular flexibility index (Phi) is 4.33. The minimum atomic E-state index is -0.415. The Balaban J connectivity index is 1.85. The summed E-state index contributed by atoms with van der Waals surface area (Å²) in [6.07, 6.45) is 0.656. The first-order valence-corrected chi connectivity index (χ1v) is 6.25. The van der Waals surface area contributed by atoms with E-state index >= 15 is 0 Å². The van der Waals surface area contributed by atoms with Gasteiger partial charge in [-0.25, -0.2) is 0 Å². The summed E-state index contributed by atoms with van der Waals surface area (Å²) >= 11 is 0. The van der Waals surface area contributed by atoms with Crippen molar-refractivity contribution < 1.29 is 14.6 Å². The SMILES string of the molecule is COC(=O)CCc1ccc([C@H](O)CN2CC2)cc1. The van der Waals surface area contributed by atoms with Crippen molar-refractivity contribution in [2.24, 2.45) is 0 Å². The van der Waals surface area contributed by atoms with Gasteiger partial charge in [0, 0.05) is 26.1 Å². The van der Waals surface area contributed by atoms with E-state index in [9.17, 15) is 9.90 Å². The fraction of sp³-hybridized carbons (Fsp3) is 0.500. The summed E-state index contributed by atoms with van der Waals surface area (Å²) in [6, 6.07) is 7.79. The number of aryl methyl sites for hydroxylation is 1. The van der Waals surface area contributed by atoms with Gasteiger partial charge in [-0.05, 0) is 17.5 Å². The Bertz CT molecular complexity index is 398. The second-order valence-corrected chi connectivity index (χ2v) is 4.63. The molecular formula is C14H19NO3. The van der Waals surface area contributed by atoms with Crippen LogP contribution in [0.3, 0.4) is 0 Å². The average Bonchev–Trinajstić information content (AvgIpc) is 3.20. The van der Waals surface area contributed by atoms with Crippen LogP contribution < -0.4 is 0 Å². The number of hydrogen-bond acceptors (Lipinski definition) is 4. The number of esters is 1. The smallest absolute Gasteiger partial charge is 0.305 e. The van der Waals surface area contributed by atoms with Crippen LogP contribution in [-0.4, -0.2) is 42.7 Å². The van der Waals surface area contributed by atoms with Crippen LogP contribution in [0, 0.1) is 0 Å². The van der Waals surface area contributed by atoms with E-state index in [1.165, 1.54) is 7.11 Å². The number of benzene rings is 1. The molecule has 1 saturated heterocycles. The van der Waals surface area contributed by atoms with Gasteiger partial charge in [0.25, 0.3) is 0 Å². The summed E-state index contributed by atoms with van der Waals surface area (Å²) in [4.78, 5) is 13.2. The molecule has 4 heteroatoms. The molecule has 0 unspecified atom stereocenters. The van der Waals surface area contributed by atoms with Crippen molar-refractivity contribution in [3.8, 4) is 0 Å². The molecule has 0 radical (unpaired) electrons. The predicted octanol–water partition coefficient (Wildman–Crippen LogP) is 1.14. The third-order valence-corrected chi connectivity index (χ3v) is 3.18. The largest absolute Gasteiger partial charge is 0.469 e. The van der Waals surface area contributed by atoms with Crippen molar-refractivity contribution >= 4 is 5.97 Å². The second kappa shape index (κ2) is 5.98. The minimum Gasteiger partial charge on any atom is -0.469 e. The molecule has 0 aliphatic carbocycles. The summed E-state index contributed by atoms with van der Waals surface area (Å²) in [6.45, 7) is 2.89. The Morgan fingerprint density at radius 3 is 2.61 bits per heavy atom. The Labute approximate surface area is 107 Å². The summed E-state index contributed by atoms with van der Waals surface area (Å²) < 4.78 is 4.60. The third-order valence-electron chi connectivity index (χ3n) is 3.18. The van der Waals surface area contributed by atoms with Crippen LogP contribution in [0.2, 0.25) is 0 Å². The lowest BCUT2D eigenvalue weighted by Gasteiger charge is -2.11. The monoisotopic (exact) mass is 249 g/mol. The van der Waals surface area contributed by atoms with E-state index in [2.05, 4.69) is 9.64 Å². The maximum Gasteiger partial charge on any atom is 0.305 e. The second-order valence-electron chi connectivity index (χ2n) is 4.63. The van der Waals surface area contributed by atoms with E-state index in [1.807, 2.05) is 24.3 Å². The highest BCUT2D eigenvalue weighted by Crippen LogP contribution is 2.18. The van der Waals surface area contributed by atoms with Gasteiger partial charge in [-0.1, -0.05) is 24.3 Å². The van der Waals surface area contributed by atoms with E-state index in [0.29, 0.717) is 19.4 Å².